The largest absolute Gasteiger partial charge is 0.445 e. The molecule has 0 aromatic heterocycles. The number of fused-ring (bicyclic) bond motifs is 4. The molecule has 4 nitrogen and oxygen atoms in total. The molecule has 2 unspecified atom stereocenters. The van der Waals surface area contributed by atoms with Crippen molar-refractivity contribution in [1.29, 1.82) is 0 Å². The molecule has 4 heteroatoms. The molecule has 0 aromatic rings. The Hall–Kier alpha value is -1.86. The standard InChI is InChI=1S/C34H50O4/c1-4-20-34(38-25(2)36)21-19-31-30-17-15-26-23-28(37)16-18-29(26)32(30)27(24-33(31,34)3)14-12-10-8-6-5-7-9-11-13-22-35/h23,27,30-31,35H,5-19,21-22,24H2,1-3H3/t27?,30-,31-,33-,34?/m0/s1. The second-order valence-electron chi connectivity index (χ2n) is 12.7. The third kappa shape index (κ3) is 5.99. The van der Waals surface area contributed by atoms with Gasteiger partial charge in [0.25, 0.3) is 0 Å². The van der Waals surface area contributed by atoms with E-state index in [1.807, 2.05) is 13.0 Å². The van der Waals surface area contributed by atoms with Gasteiger partial charge in [-0.05, 0) is 93.3 Å². The lowest BCUT2D eigenvalue weighted by Gasteiger charge is -2.54. The Morgan fingerprint density at radius 3 is 2.37 bits per heavy atom. The molecule has 0 saturated heterocycles. The first-order valence-corrected chi connectivity index (χ1v) is 15.6. The Labute approximate surface area is 231 Å². The van der Waals surface area contributed by atoms with Gasteiger partial charge in [0.1, 0.15) is 0 Å². The van der Waals surface area contributed by atoms with Gasteiger partial charge in [-0.2, -0.15) is 0 Å². The van der Waals surface area contributed by atoms with Gasteiger partial charge in [0.05, 0.1) is 0 Å². The fourth-order valence-electron chi connectivity index (χ4n) is 8.66. The number of ketones is 1. The van der Waals surface area contributed by atoms with Crippen molar-refractivity contribution in [3.63, 3.8) is 0 Å². The number of hydrogen-bond donors (Lipinski definition) is 1. The monoisotopic (exact) mass is 522 g/mol. The Bertz CT molecular complexity index is 994. The molecule has 1 N–H and O–H groups in total. The molecule has 38 heavy (non-hydrogen) atoms. The minimum atomic E-state index is -0.679. The van der Waals surface area contributed by atoms with Crippen LogP contribution in [0, 0.1) is 35.0 Å². The van der Waals surface area contributed by atoms with Gasteiger partial charge in [-0.1, -0.05) is 69.8 Å². The quantitative estimate of drug-likeness (QED) is 0.162. The molecule has 0 amide bonds. The summed E-state index contributed by atoms with van der Waals surface area (Å²) in [6.45, 7) is 6.10. The molecule has 0 radical (unpaired) electrons. The lowest BCUT2D eigenvalue weighted by molar-refractivity contribution is -0.165. The van der Waals surface area contributed by atoms with Crippen LogP contribution in [0.3, 0.4) is 0 Å². The fraction of sp³-hybridized carbons (Fsp3) is 0.765. The summed E-state index contributed by atoms with van der Waals surface area (Å²) >= 11 is 0. The van der Waals surface area contributed by atoms with Crippen molar-refractivity contribution in [2.75, 3.05) is 6.61 Å². The first kappa shape index (κ1) is 29.1. The normalized spacial score (nSPS) is 32.1. The Balaban J connectivity index is 1.51. The molecule has 4 aliphatic rings. The van der Waals surface area contributed by atoms with Gasteiger partial charge in [-0.25, -0.2) is 0 Å². The van der Waals surface area contributed by atoms with E-state index in [0.717, 1.165) is 51.4 Å². The SMILES string of the molecule is CC#CC1(OC(C)=O)CC[C@H]2[C@@H]3CCC4=CC(=O)CCC4=C3C(CCCCCCCCCCCO)C[C@@]21C. The summed E-state index contributed by atoms with van der Waals surface area (Å²) in [5, 5.41) is 8.93. The van der Waals surface area contributed by atoms with Crippen molar-refractivity contribution in [3.05, 3.63) is 22.8 Å². The topological polar surface area (TPSA) is 63.6 Å². The zero-order valence-corrected chi connectivity index (χ0v) is 24.2. The predicted octanol–water partition coefficient (Wildman–Crippen LogP) is 7.64. The maximum Gasteiger partial charge on any atom is 0.304 e. The lowest BCUT2D eigenvalue weighted by atomic mass is 9.51. The molecule has 0 spiro atoms. The second-order valence-corrected chi connectivity index (χ2v) is 12.7. The van der Waals surface area contributed by atoms with Crippen LogP contribution in [0.15, 0.2) is 22.8 Å². The number of carbonyl (C=O) groups excluding carboxylic acids is 2. The van der Waals surface area contributed by atoms with E-state index < -0.39 is 5.60 Å². The fourth-order valence-corrected chi connectivity index (χ4v) is 8.66. The molecule has 0 heterocycles. The van der Waals surface area contributed by atoms with Crippen LogP contribution in [0.4, 0.5) is 0 Å². The summed E-state index contributed by atoms with van der Waals surface area (Å²) in [6.07, 6.45) is 20.8. The Morgan fingerprint density at radius 1 is 1.03 bits per heavy atom. The molecule has 5 atom stereocenters. The molecule has 4 aliphatic carbocycles. The molecule has 2 fully saturated rings. The predicted molar refractivity (Wildman–Crippen MR) is 152 cm³/mol. The second kappa shape index (κ2) is 13.0. The third-order valence-corrected chi connectivity index (χ3v) is 10.3. The van der Waals surface area contributed by atoms with Crippen LogP contribution >= 0.6 is 0 Å². The molecular formula is C34H50O4. The van der Waals surface area contributed by atoms with Crippen LogP contribution in [0.2, 0.25) is 0 Å². The van der Waals surface area contributed by atoms with Gasteiger partial charge in [0.2, 0.25) is 0 Å². The van der Waals surface area contributed by atoms with Gasteiger partial charge in [0.15, 0.2) is 11.4 Å². The third-order valence-electron chi connectivity index (χ3n) is 10.3. The Kier molecular flexibility index (Phi) is 9.96. The molecule has 210 valence electrons. The number of carbonyl (C=O) groups is 2. The average molecular weight is 523 g/mol. The number of esters is 1. The summed E-state index contributed by atoms with van der Waals surface area (Å²) < 4.78 is 6.17. The number of aliphatic hydroxyl groups is 1. The summed E-state index contributed by atoms with van der Waals surface area (Å²) in [6, 6.07) is 0. The van der Waals surface area contributed by atoms with E-state index >= 15 is 0 Å². The molecule has 0 aromatic carbocycles. The van der Waals surface area contributed by atoms with Gasteiger partial charge in [0, 0.05) is 25.4 Å². The summed E-state index contributed by atoms with van der Waals surface area (Å²) in [5.74, 6) is 8.14. The average Bonchev–Trinajstić information content (AvgIpc) is 3.15. The zero-order chi connectivity index (χ0) is 27.2. The van der Waals surface area contributed by atoms with Crippen molar-refractivity contribution >= 4 is 11.8 Å². The minimum Gasteiger partial charge on any atom is -0.445 e. The van der Waals surface area contributed by atoms with Crippen molar-refractivity contribution in [2.24, 2.45) is 23.2 Å². The van der Waals surface area contributed by atoms with Gasteiger partial charge in [-0.15, -0.1) is 5.92 Å². The molecular weight excluding hydrogens is 472 g/mol. The molecule has 4 rings (SSSR count). The number of rotatable bonds is 12. The van der Waals surface area contributed by atoms with Crippen molar-refractivity contribution in [2.45, 2.75) is 136 Å². The highest BCUT2D eigenvalue weighted by molar-refractivity contribution is 5.93. The van der Waals surface area contributed by atoms with E-state index in [1.165, 1.54) is 69.4 Å². The van der Waals surface area contributed by atoms with E-state index in [2.05, 4.69) is 18.8 Å². The zero-order valence-electron chi connectivity index (χ0n) is 24.2. The van der Waals surface area contributed by atoms with Crippen LogP contribution in [-0.2, 0) is 14.3 Å². The van der Waals surface area contributed by atoms with Gasteiger partial charge >= 0.3 is 5.97 Å². The number of ether oxygens (including phenoxy) is 1. The lowest BCUT2D eigenvalue weighted by Crippen LogP contribution is -2.53. The molecule has 0 aliphatic heterocycles. The van der Waals surface area contributed by atoms with Crippen molar-refractivity contribution in [3.8, 4) is 11.8 Å². The van der Waals surface area contributed by atoms with Crippen LogP contribution in [-0.4, -0.2) is 29.1 Å². The van der Waals surface area contributed by atoms with Gasteiger partial charge in [-0.3, -0.25) is 9.59 Å². The maximum atomic E-state index is 12.3. The maximum absolute atomic E-state index is 12.3. The van der Waals surface area contributed by atoms with Crippen LogP contribution in [0.1, 0.15) is 130 Å². The highest BCUT2D eigenvalue weighted by Gasteiger charge is 2.64. The van der Waals surface area contributed by atoms with Crippen molar-refractivity contribution < 1.29 is 19.4 Å². The van der Waals surface area contributed by atoms with Crippen molar-refractivity contribution in [1.82, 2.24) is 0 Å². The summed E-state index contributed by atoms with van der Waals surface area (Å²) in [4.78, 5) is 24.6. The highest BCUT2D eigenvalue weighted by atomic mass is 16.6. The van der Waals surface area contributed by atoms with E-state index in [-0.39, 0.29) is 11.4 Å². The minimum absolute atomic E-state index is 0.138. The van der Waals surface area contributed by atoms with E-state index in [9.17, 15) is 9.59 Å². The van der Waals surface area contributed by atoms with Gasteiger partial charge < -0.3 is 9.84 Å². The molecule has 2 saturated carbocycles. The highest BCUT2D eigenvalue weighted by Crippen LogP contribution is 2.66. The number of unbranched alkanes of at least 4 members (excludes halogenated alkanes) is 8. The molecule has 0 bridgehead atoms. The summed E-state index contributed by atoms with van der Waals surface area (Å²) in [7, 11) is 0. The van der Waals surface area contributed by atoms with E-state index in [0.29, 0.717) is 36.6 Å². The van der Waals surface area contributed by atoms with E-state index in [4.69, 9.17) is 9.84 Å². The Morgan fingerprint density at radius 2 is 1.71 bits per heavy atom. The first-order valence-electron chi connectivity index (χ1n) is 15.6. The first-order chi connectivity index (χ1) is 18.3. The number of hydrogen-bond acceptors (Lipinski definition) is 4. The van der Waals surface area contributed by atoms with Crippen LogP contribution < -0.4 is 0 Å². The summed E-state index contributed by atoms with van der Waals surface area (Å²) in [5.41, 5.74) is 3.69. The van der Waals surface area contributed by atoms with E-state index in [1.54, 1.807) is 5.57 Å². The van der Waals surface area contributed by atoms with Crippen LogP contribution in [0.5, 0.6) is 0 Å². The smallest absolute Gasteiger partial charge is 0.304 e. The number of aliphatic hydroxyl groups excluding tert-OH is 1. The number of allylic oxidation sites excluding steroid dienone is 4. The van der Waals surface area contributed by atoms with Crippen LogP contribution in [0.25, 0.3) is 0 Å².